The minimum absolute atomic E-state index is 0.0174. The molecule has 1 atom stereocenters. The van der Waals surface area contributed by atoms with Crippen molar-refractivity contribution in [2.75, 3.05) is 13.1 Å². The minimum atomic E-state index is -0.0562. The Kier molecular flexibility index (Phi) is 4.29. The average Bonchev–Trinajstić information content (AvgIpc) is 3.12. The molecule has 1 amide bonds. The number of carbonyl (C=O) groups is 1. The summed E-state index contributed by atoms with van der Waals surface area (Å²) < 4.78 is 0. The van der Waals surface area contributed by atoms with E-state index in [4.69, 9.17) is 11.6 Å². The molecule has 1 aromatic carbocycles. The Morgan fingerprint density at radius 3 is 2.64 bits per heavy atom. The number of H-pyrrole nitrogens is 1. The fourth-order valence-electron chi connectivity index (χ4n) is 4.09. The first kappa shape index (κ1) is 16.6. The Morgan fingerprint density at radius 1 is 1.28 bits per heavy atom. The van der Waals surface area contributed by atoms with Crippen LogP contribution >= 0.6 is 11.6 Å². The normalized spacial score (nSPS) is 23.1. The van der Waals surface area contributed by atoms with Crippen LogP contribution in [0.25, 0.3) is 0 Å². The highest BCUT2D eigenvalue weighted by atomic mass is 35.5. The molecule has 2 saturated heterocycles. The first-order valence-corrected chi connectivity index (χ1v) is 9.23. The number of likely N-dealkylation sites (tertiary alicyclic amines) is 1. The molecule has 1 unspecified atom stereocenters. The topological polar surface area (TPSA) is 61.0 Å². The maximum Gasteiger partial charge on any atom is 0.228 e. The second kappa shape index (κ2) is 6.46. The fraction of sp³-hybridized carbons (Fsp3) is 0.474. The summed E-state index contributed by atoms with van der Waals surface area (Å²) in [4.78, 5) is 14.9. The first-order chi connectivity index (χ1) is 12.1. The van der Waals surface area contributed by atoms with Crippen LogP contribution in [-0.4, -0.2) is 39.6 Å². The Hall–Kier alpha value is -1.85. The molecular weight excluding hydrogens is 336 g/mol. The van der Waals surface area contributed by atoms with Gasteiger partial charge in [0.15, 0.2) is 0 Å². The SMILES string of the molecule is Cc1[nH]nc(CN2CCC3(CC2)CC(c2ccccc2)C(=O)N3)c1Cl. The third-order valence-corrected chi connectivity index (χ3v) is 6.13. The number of rotatable bonds is 3. The summed E-state index contributed by atoms with van der Waals surface area (Å²) in [7, 11) is 0. The van der Waals surface area contributed by atoms with Crippen LogP contribution in [0.3, 0.4) is 0 Å². The quantitative estimate of drug-likeness (QED) is 0.886. The van der Waals surface area contributed by atoms with E-state index in [1.54, 1.807) is 0 Å². The molecule has 0 saturated carbocycles. The standard InChI is InChI=1S/C19H23ClN4O/c1-13-17(20)16(23-22-13)12-24-9-7-19(8-10-24)11-15(18(25)21-19)14-5-3-2-4-6-14/h2-6,15H,7-12H2,1H3,(H,21,25)(H,22,23). The van der Waals surface area contributed by atoms with Gasteiger partial charge in [0, 0.05) is 25.2 Å². The maximum atomic E-state index is 12.5. The van der Waals surface area contributed by atoms with Crippen molar-refractivity contribution in [2.24, 2.45) is 0 Å². The minimum Gasteiger partial charge on any atom is -0.350 e. The summed E-state index contributed by atoms with van der Waals surface area (Å²) in [5, 5.41) is 11.3. The fourth-order valence-corrected chi connectivity index (χ4v) is 4.23. The van der Waals surface area contributed by atoms with Crippen molar-refractivity contribution in [3.05, 3.63) is 52.3 Å². The summed E-state index contributed by atoms with van der Waals surface area (Å²) >= 11 is 6.28. The second-order valence-corrected chi connectivity index (χ2v) is 7.70. The Labute approximate surface area is 152 Å². The van der Waals surface area contributed by atoms with Crippen molar-refractivity contribution in [3.8, 4) is 0 Å². The van der Waals surface area contributed by atoms with Gasteiger partial charge >= 0.3 is 0 Å². The second-order valence-electron chi connectivity index (χ2n) is 7.32. The number of aryl methyl sites for hydroxylation is 1. The predicted octanol–water partition coefficient (Wildman–Crippen LogP) is 3.01. The van der Waals surface area contributed by atoms with Gasteiger partial charge in [0.2, 0.25) is 5.91 Å². The number of benzene rings is 1. The molecular formula is C19H23ClN4O. The Bertz CT molecular complexity index is 765. The smallest absolute Gasteiger partial charge is 0.228 e. The van der Waals surface area contributed by atoms with Gasteiger partial charge in [-0.3, -0.25) is 14.8 Å². The van der Waals surface area contributed by atoms with Crippen LogP contribution in [0.1, 0.15) is 42.1 Å². The van der Waals surface area contributed by atoms with Crippen LogP contribution in [0.15, 0.2) is 30.3 Å². The van der Waals surface area contributed by atoms with Gasteiger partial charge in [-0.05, 0) is 31.7 Å². The van der Waals surface area contributed by atoms with E-state index in [2.05, 4.69) is 32.5 Å². The number of piperidine rings is 1. The van der Waals surface area contributed by atoms with E-state index in [-0.39, 0.29) is 17.4 Å². The molecule has 3 heterocycles. The van der Waals surface area contributed by atoms with Crippen molar-refractivity contribution in [1.82, 2.24) is 20.4 Å². The molecule has 132 valence electrons. The summed E-state index contributed by atoms with van der Waals surface area (Å²) in [5.74, 6) is 0.154. The van der Waals surface area contributed by atoms with Crippen LogP contribution in [0.4, 0.5) is 0 Å². The highest BCUT2D eigenvalue weighted by Crippen LogP contribution is 2.39. The van der Waals surface area contributed by atoms with E-state index in [0.29, 0.717) is 0 Å². The molecule has 0 bridgehead atoms. The molecule has 1 aromatic heterocycles. The number of aromatic amines is 1. The number of nitrogens with one attached hydrogen (secondary N) is 2. The largest absolute Gasteiger partial charge is 0.350 e. The molecule has 5 nitrogen and oxygen atoms in total. The van der Waals surface area contributed by atoms with Crippen LogP contribution in [0.2, 0.25) is 5.02 Å². The van der Waals surface area contributed by atoms with Crippen molar-refractivity contribution in [2.45, 2.75) is 44.2 Å². The molecule has 1 spiro atoms. The zero-order chi connectivity index (χ0) is 17.4. The van der Waals surface area contributed by atoms with E-state index in [1.807, 2.05) is 25.1 Å². The molecule has 6 heteroatoms. The van der Waals surface area contributed by atoms with Crippen LogP contribution in [-0.2, 0) is 11.3 Å². The van der Waals surface area contributed by atoms with Gasteiger partial charge in [-0.15, -0.1) is 0 Å². The molecule has 2 aliphatic rings. The van der Waals surface area contributed by atoms with Gasteiger partial charge < -0.3 is 5.32 Å². The zero-order valence-corrected chi connectivity index (χ0v) is 15.1. The summed E-state index contributed by atoms with van der Waals surface area (Å²) in [5.41, 5.74) is 2.89. The van der Waals surface area contributed by atoms with Crippen LogP contribution in [0, 0.1) is 6.92 Å². The monoisotopic (exact) mass is 358 g/mol. The molecule has 25 heavy (non-hydrogen) atoms. The molecule has 0 aliphatic carbocycles. The van der Waals surface area contributed by atoms with E-state index >= 15 is 0 Å². The Balaban J connectivity index is 1.40. The lowest BCUT2D eigenvalue weighted by Gasteiger charge is -2.39. The molecule has 2 fully saturated rings. The summed E-state index contributed by atoms with van der Waals surface area (Å²) in [6.07, 6.45) is 2.85. The molecule has 4 rings (SSSR count). The number of halogens is 1. The summed E-state index contributed by atoms with van der Waals surface area (Å²) in [6.45, 7) is 4.59. The maximum absolute atomic E-state index is 12.5. The summed E-state index contributed by atoms with van der Waals surface area (Å²) in [6, 6.07) is 10.1. The lowest BCUT2D eigenvalue weighted by Crippen LogP contribution is -2.50. The third kappa shape index (κ3) is 3.18. The van der Waals surface area contributed by atoms with Gasteiger partial charge in [-0.25, -0.2) is 0 Å². The van der Waals surface area contributed by atoms with Gasteiger partial charge in [0.05, 0.1) is 22.3 Å². The number of hydrogen-bond acceptors (Lipinski definition) is 3. The molecule has 0 radical (unpaired) electrons. The van der Waals surface area contributed by atoms with Gasteiger partial charge in [0.1, 0.15) is 0 Å². The number of nitrogens with zero attached hydrogens (tertiary/aromatic N) is 2. The molecule has 2 aliphatic heterocycles. The highest BCUT2D eigenvalue weighted by molar-refractivity contribution is 6.31. The highest BCUT2D eigenvalue weighted by Gasteiger charge is 2.46. The lowest BCUT2D eigenvalue weighted by atomic mass is 9.82. The molecule has 2 aromatic rings. The third-order valence-electron chi connectivity index (χ3n) is 5.63. The Morgan fingerprint density at radius 2 is 2.00 bits per heavy atom. The molecule has 2 N–H and O–H groups in total. The van der Waals surface area contributed by atoms with E-state index < -0.39 is 0 Å². The van der Waals surface area contributed by atoms with Gasteiger partial charge in [-0.1, -0.05) is 41.9 Å². The van der Waals surface area contributed by atoms with E-state index in [0.717, 1.165) is 60.9 Å². The first-order valence-electron chi connectivity index (χ1n) is 8.85. The van der Waals surface area contributed by atoms with Gasteiger partial charge in [0.25, 0.3) is 0 Å². The van der Waals surface area contributed by atoms with Crippen molar-refractivity contribution >= 4 is 17.5 Å². The van der Waals surface area contributed by atoms with E-state index in [1.165, 1.54) is 0 Å². The van der Waals surface area contributed by atoms with Crippen molar-refractivity contribution < 1.29 is 4.79 Å². The van der Waals surface area contributed by atoms with E-state index in [9.17, 15) is 4.79 Å². The van der Waals surface area contributed by atoms with Crippen molar-refractivity contribution in [1.29, 1.82) is 0 Å². The number of amides is 1. The van der Waals surface area contributed by atoms with Crippen LogP contribution in [0.5, 0.6) is 0 Å². The number of carbonyl (C=O) groups excluding carboxylic acids is 1. The zero-order valence-electron chi connectivity index (χ0n) is 14.4. The number of hydrogen-bond donors (Lipinski definition) is 2. The lowest BCUT2D eigenvalue weighted by molar-refractivity contribution is -0.121. The van der Waals surface area contributed by atoms with Crippen molar-refractivity contribution in [3.63, 3.8) is 0 Å². The van der Waals surface area contributed by atoms with Crippen LogP contribution < -0.4 is 5.32 Å². The van der Waals surface area contributed by atoms with Gasteiger partial charge in [-0.2, -0.15) is 5.10 Å². The number of aromatic nitrogens is 2. The average molecular weight is 359 g/mol. The predicted molar refractivity (Wildman–Crippen MR) is 97.5 cm³/mol.